The van der Waals surface area contributed by atoms with Crippen LogP contribution in [0, 0.1) is 6.92 Å². The summed E-state index contributed by atoms with van der Waals surface area (Å²) in [6, 6.07) is 11.0. The van der Waals surface area contributed by atoms with E-state index in [4.69, 9.17) is 10.7 Å². The fourth-order valence-electron chi connectivity index (χ4n) is 4.19. The van der Waals surface area contributed by atoms with Crippen molar-refractivity contribution in [2.45, 2.75) is 38.6 Å². The van der Waals surface area contributed by atoms with E-state index in [1.54, 1.807) is 10.9 Å². The first kappa shape index (κ1) is 19.1. The molecule has 1 fully saturated rings. The summed E-state index contributed by atoms with van der Waals surface area (Å²) in [5.41, 5.74) is 8.58. The number of hydrogen-bond acceptors (Lipinski definition) is 4. The number of fused-ring (bicyclic) bond motifs is 1. The smallest absolute Gasteiger partial charge is 0.250 e. The molecule has 1 saturated heterocycles. The van der Waals surface area contributed by atoms with Crippen LogP contribution in [0.4, 0.5) is 0 Å². The van der Waals surface area contributed by atoms with Crippen molar-refractivity contribution in [3.8, 4) is 0 Å². The maximum Gasteiger partial charge on any atom is 0.250 e. The van der Waals surface area contributed by atoms with Gasteiger partial charge >= 0.3 is 0 Å². The molecule has 3 heterocycles. The number of primary amides is 1. The van der Waals surface area contributed by atoms with E-state index in [9.17, 15) is 9.59 Å². The first-order chi connectivity index (χ1) is 14.0. The maximum absolute atomic E-state index is 13.1. The third kappa shape index (κ3) is 3.60. The van der Waals surface area contributed by atoms with E-state index in [-0.39, 0.29) is 17.9 Å². The van der Waals surface area contributed by atoms with Gasteiger partial charge in [-0.3, -0.25) is 19.3 Å². The van der Waals surface area contributed by atoms with Crippen LogP contribution in [0.2, 0.25) is 0 Å². The van der Waals surface area contributed by atoms with Crippen LogP contribution in [0.1, 0.15) is 53.5 Å². The van der Waals surface area contributed by atoms with Gasteiger partial charge in [0.2, 0.25) is 5.91 Å². The molecule has 2 unspecified atom stereocenters. The van der Waals surface area contributed by atoms with Crippen molar-refractivity contribution in [2.24, 2.45) is 5.73 Å². The maximum atomic E-state index is 13.1. The zero-order chi connectivity index (χ0) is 20.5. The Morgan fingerprint density at radius 1 is 1.24 bits per heavy atom. The van der Waals surface area contributed by atoms with Crippen LogP contribution >= 0.6 is 0 Å². The molecule has 29 heavy (non-hydrogen) atoms. The third-order valence-electron chi connectivity index (χ3n) is 5.73. The van der Waals surface area contributed by atoms with Crippen LogP contribution in [0.15, 0.2) is 42.6 Å². The molecule has 150 valence electrons. The minimum Gasteiger partial charge on any atom is -0.366 e. The number of nitrogens with zero attached hydrogens (tertiary/aromatic N) is 4. The molecule has 0 saturated carbocycles. The molecule has 1 aromatic carbocycles. The number of carbonyl (C=O) groups excluding carboxylic acids is 2. The van der Waals surface area contributed by atoms with Gasteiger partial charge < -0.3 is 10.6 Å². The van der Waals surface area contributed by atoms with Gasteiger partial charge in [-0.15, -0.1) is 0 Å². The summed E-state index contributed by atoms with van der Waals surface area (Å²) in [4.78, 5) is 31.9. The minimum atomic E-state index is -0.484. The minimum absolute atomic E-state index is 0.0225. The normalized spacial score (nSPS) is 18.0. The Hall–Kier alpha value is -3.22. The second kappa shape index (κ2) is 7.66. The lowest BCUT2D eigenvalue weighted by molar-refractivity contribution is -0.135. The fraction of sp³-hybridized carbons (Fsp3) is 0.364. The summed E-state index contributed by atoms with van der Waals surface area (Å²) in [6.07, 6.45) is 3.43. The number of likely N-dealkylation sites (tertiary alicyclic amines) is 1. The van der Waals surface area contributed by atoms with Crippen molar-refractivity contribution in [3.63, 3.8) is 0 Å². The number of amides is 2. The van der Waals surface area contributed by atoms with Crippen molar-refractivity contribution in [1.82, 2.24) is 19.7 Å². The molecule has 2 aromatic heterocycles. The summed E-state index contributed by atoms with van der Waals surface area (Å²) in [6.45, 7) is 5.03. The summed E-state index contributed by atoms with van der Waals surface area (Å²) in [5.74, 6) is -0.476. The largest absolute Gasteiger partial charge is 0.366 e. The molecule has 1 aliphatic rings. The summed E-state index contributed by atoms with van der Waals surface area (Å²) in [7, 11) is 0. The zero-order valence-electron chi connectivity index (χ0n) is 16.7. The number of hydrogen-bond donors (Lipinski definition) is 1. The number of para-hydroxylation sites is 1. The molecule has 2 atom stereocenters. The number of nitrogens with two attached hydrogens (primary N) is 1. The molecule has 0 spiro atoms. The van der Waals surface area contributed by atoms with Gasteiger partial charge in [-0.2, -0.15) is 5.10 Å². The predicted octanol–water partition coefficient (Wildman–Crippen LogP) is 2.81. The monoisotopic (exact) mass is 391 g/mol. The fourth-order valence-corrected chi connectivity index (χ4v) is 4.19. The zero-order valence-corrected chi connectivity index (χ0v) is 16.7. The SMILES string of the molecule is Cc1ccnn1C(C)C(=O)N1CCCC(c2nc3ccccc3cc2C(N)=O)C1. The lowest BCUT2D eigenvalue weighted by Gasteiger charge is -2.34. The molecule has 7 nitrogen and oxygen atoms in total. The number of carbonyl (C=O) groups is 2. The van der Waals surface area contributed by atoms with Crippen LogP contribution in [0.5, 0.6) is 0 Å². The Labute approximate surface area is 169 Å². The molecular weight excluding hydrogens is 366 g/mol. The average Bonchev–Trinajstić information content (AvgIpc) is 3.17. The second-order valence-electron chi connectivity index (χ2n) is 7.69. The van der Waals surface area contributed by atoms with E-state index >= 15 is 0 Å². The van der Waals surface area contributed by atoms with Crippen molar-refractivity contribution >= 4 is 22.7 Å². The predicted molar refractivity (Wildman–Crippen MR) is 110 cm³/mol. The number of pyridine rings is 1. The van der Waals surface area contributed by atoms with Crippen molar-refractivity contribution in [1.29, 1.82) is 0 Å². The van der Waals surface area contributed by atoms with Crippen LogP contribution in [-0.2, 0) is 4.79 Å². The standard InChI is InChI=1S/C22H25N5O2/c1-14-9-10-24-27(14)15(2)22(29)26-11-5-7-17(13-26)20-18(21(23)28)12-16-6-3-4-8-19(16)25-20/h3-4,6,8-10,12,15,17H,5,7,11,13H2,1-2H3,(H2,23,28). The van der Waals surface area contributed by atoms with E-state index in [1.165, 1.54) is 0 Å². The molecule has 0 aliphatic carbocycles. The van der Waals surface area contributed by atoms with E-state index in [2.05, 4.69) is 5.10 Å². The van der Waals surface area contributed by atoms with E-state index < -0.39 is 5.91 Å². The highest BCUT2D eigenvalue weighted by molar-refractivity contribution is 5.97. The van der Waals surface area contributed by atoms with Gasteiger partial charge in [0, 0.05) is 36.3 Å². The molecule has 0 radical (unpaired) electrons. The van der Waals surface area contributed by atoms with Crippen molar-refractivity contribution in [2.75, 3.05) is 13.1 Å². The van der Waals surface area contributed by atoms with E-state index in [1.807, 2.05) is 55.1 Å². The molecule has 4 rings (SSSR count). The van der Waals surface area contributed by atoms with Crippen LogP contribution in [0.25, 0.3) is 10.9 Å². The first-order valence-electron chi connectivity index (χ1n) is 9.94. The molecule has 2 N–H and O–H groups in total. The Morgan fingerprint density at radius 2 is 2.03 bits per heavy atom. The second-order valence-corrected chi connectivity index (χ2v) is 7.69. The highest BCUT2D eigenvalue weighted by Crippen LogP contribution is 2.31. The number of aryl methyl sites for hydroxylation is 1. The summed E-state index contributed by atoms with van der Waals surface area (Å²) >= 11 is 0. The van der Waals surface area contributed by atoms with Gasteiger partial charge in [0.05, 0.1) is 16.8 Å². The van der Waals surface area contributed by atoms with Gasteiger partial charge in [0.25, 0.3) is 5.91 Å². The lowest BCUT2D eigenvalue weighted by atomic mass is 9.90. The average molecular weight is 391 g/mol. The molecule has 1 aliphatic heterocycles. The number of rotatable bonds is 4. The molecular formula is C22H25N5O2. The van der Waals surface area contributed by atoms with Crippen LogP contribution < -0.4 is 5.73 Å². The lowest BCUT2D eigenvalue weighted by Crippen LogP contribution is -2.43. The number of piperidine rings is 1. The highest BCUT2D eigenvalue weighted by Gasteiger charge is 2.31. The van der Waals surface area contributed by atoms with Crippen LogP contribution in [-0.4, -0.2) is 44.6 Å². The number of aromatic nitrogens is 3. The Kier molecular flexibility index (Phi) is 5.05. The van der Waals surface area contributed by atoms with Crippen molar-refractivity contribution in [3.05, 3.63) is 59.5 Å². The summed E-state index contributed by atoms with van der Waals surface area (Å²) < 4.78 is 1.75. The van der Waals surface area contributed by atoms with Crippen molar-refractivity contribution < 1.29 is 9.59 Å². The van der Waals surface area contributed by atoms with Gasteiger partial charge in [-0.1, -0.05) is 18.2 Å². The highest BCUT2D eigenvalue weighted by atomic mass is 16.2. The van der Waals surface area contributed by atoms with Gasteiger partial charge in [0.15, 0.2) is 0 Å². The van der Waals surface area contributed by atoms with Gasteiger partial charge in [-0.25, -0.2) is 0 Å². The Bertz CT molecular complexity index is 1070. The van der Waals surface area contributed by atoms with E-state index in [0.717, 1.165) is 29.4 Å². The first-order valence-corrected chi connectivity index (χ1v) is 9.94. The molecule has 0 bridgehead atoms. The van der Waals surface area contributed by atoms with Crippen LogP contribution in [0.3, 0.4) is 0 Å². The Balaban J connectivity index is 1.63. The third-order valence-corrected chi connectivity index (χ3v) is 5.73. The number of benzene rings is 1. The topological polar surface area (TPSA) is 94.1 Å². The molecule has 2 amide bonds. The molecule has 7 heteroatoms. The Morgan fingerprint density at radius 3 is 2.76 bits per heavy atom. The van der Waals surface area contributed by atoms with Gasteiger partial charge in [0.1, 0.15) is 6.04 Å². The quantitative estimate of drug-likeness (QED) is 0.740. The molecule has 3 aromatic rings. The summed E-state index contributed by atoms with van der Waals surface area (Å²) in [5, 5.41) is 5.16. The van der Waals surface area contributed by atoms with E-state index in [0.29, 0.717) is 24.3 Å². The van der Waals surface area contributed by atoms with Gasteiger partial charge in [-0.05, 0) is 44.9 Å².